The van der Waals surface area contributed by atoms with Crippen molar-refractivity contribution in [1.82, 2.24) is 5.32 Å². The Balaban J connectivity index is 3.75. The van der Waals surface area contributed by atoms with Crippen molar-refractivity contribution in [2.45, 2.75) is 51.7 Å². The number of hydrogen-bond donors (Lipinski definition) is 2. The van der Waals surface area contributed by atoms with Gasteiger partial charge >= 0.3 is 12.1 Å². The summed E-state index contributed by atoms with van der Waals surface area (Å²) >= 11 is 0. The van der Waals surface area contributed by atoms with E-state index in [-0.39, 0.29) is 0 Å². The molecule has 0 heterocycles. The van der Waals surface area contributed by atoms with Crippen LogP contribution in [0.4, 0.5) is 4.79 Å². The summed E-state index contributed by atoms with van der Waals surface area (Å²) in [4.78, 5) is 33.6. The predicted octanol–water partition coefficient (Wildman–Crippen LogP) is 0.751. The van der Waals surface area contributed by atoms with E-state index < -0.39 is 29.5 Å². The van der Waals surface area contributed by atoms with Crippen LogP contribution in [0.2, 0.25) is 0 Å². The van der Waals surface area contributed by atoms with Gasteiger partial charge in [0.2, 0.25) is 0 Å². The normalized spacial score (nSPS) is 12.4. The van der Waals surface area contributed by atoms with Gasteiger partial charge in [-0.3, -0.25) is 4.79 Å². The zero-order valence-corrected chi connectivity index (χ0v) is 12.5. The standard InChI is InChI=1S/C13H24N2O5/c1-13(2,3)20-12(18)15-8-6-5-7-9(14)10(16)11(17)19-4/h9H,5-8,14H2,1-4H3,(H,15,18). The molecule has 1 amide bonds. The van der Waals surface area contributed by atoms with Gasteiger partial charge in [0.15, 0.2) is 0 Å². The van der Waals surface area contributed by atoms with E-state index in [9.17, 15) is 14.4 Å². The third kappa shape index (κ3) is 8.47. The van der Waals surface area contributed by atoms with Gasteiger partial charge in [-0.2, -0.15) is 0 Å². The van der Waals surface area contributed by atoms with Gasteiger partial charge in [0, 0.05) is 6.54 Å². The number of methoxy groups -OCH3 is 1. The maximum absolute atomic E-state index is 11.3. The largest absolute Gasteiger partial charge is 0.463 e. The Bertz CT molecular complexity index is 349. The molecule has 0 spiro atoms. The summed E-state index contributed by atoms with van der Waals surface area (Å²) in [6.07, 6.45) is 1.14. The third-order valence-electron chi connectivity index (χ3n) is 2.33. The molecule has 0 saturated heterocycles. The fraction of sp³-hybridized carbons (Fsp3) is 0.769. The fourth-order valence-corrected chi connectivity index (χ4v) is 1.38. The summed E-state index contributed by atoms with van der Waals surface area (Å²) in [7, 11) is 1.14. The zero-order chi connectivity index (χ0) is 15.8. The number of amides is 1. The van der Waals surface area contributed by atoms with Crippen molar-refractivity contribution in [2.75, 3.05) is 13.7 Å². The second kappa shape index (κ2) is 8.52. The molecule has 1 unspecified atom stereocenters. The number of carbonyl (C=O) groups excluding carboxylic acids is 3. The topological polar surface area (TPSA) is 108 Å². The molecule has 0 saturated carbocycles. The van der Waals surface area contributed by atoms with E-state index >= 15 is 0 Å². The molecule has 3 N–H and O–H groups in total. The molecular weight excluding hydrogens is 264 g/mol. The van der Waals surface area contributed by atoms with E-state index in [0.717, 1.165) is 7.11 Å². The van der Waals surface area contributed by atoms with E-state index in [1.54, 1.807) is 20.8 Å². The molecule has 0 radical (unpaired) electrons. The molecule has 0 aliphatic carbocycles. The first-order valence-electron chi connectivity index (χ1n) is 6.52. The highest BCUT2D eigenvalue weighted by atomic mass is 16.6. The molecule has 0 aromatic heterocycles. The highest BCUT2D eigenvalue weighted by Gasteiger charge is 2.21. The van der Waals surface area contributed by atoms with Crippen molar-refractivity contribution >= 4 is 17.8 Å². The second-order valence-corrected chi connectivity index (χ2v) is 5.39. The van der Waals surface area contributed by atoms with Gasteiger partial charge < -0.3 is 20.5 Å². The summed E-state index contributed by atoms with van der Waals surface area (Å²) in [5.41, 5.74) is 5.03. The lowest BCUT2D eigenvalue weighted by Gasteiger charge is -2.19. The lowest BCUT2D eigenvalue weighted by atomic mass is 10.1. The van der Waals surface area contributed by atoms with Gasteiger partial charge in [0.25, 0.3) is 5.78 Å². The van der Waals surface area contributed by atoms with Crippen LogP contribution in [0.1, 0.15) is 40.0 Å². The van der Waals surface area contributed by atoms with Crippen LogP contribution in [-0.4, -0.2) is 43.1 Å². The number of alkyl carbamates (subject to hydrolysis) is 1. The first-order chi connectivity index (χ1) is 9.17. The number of esters is 1. The Morgan fingerprint density at radius 1 is 1.20 bits per heavy atom. The highest BCUT2D eigenvalue weighted by molar-refractivity contribution is 6.35. The zero-order valence-electron chi connectivity index (χ0n) is 12.5. The van der Waals surface area contributed by atoms with Gasteiger partial charge in [-0.25, -0.2) is 9.59 Å². The van der Waals surface area contributed by atoms with Crippen molar-refractivity contribution < 1.29 is 23.9 Å². The fourth-order valence-electron chi connectivity index (χ4n) is 1.38. The predicted molar refractivity (Wildman–Crippen MR) is 73.1 cm³/mol. The molecule has 0 rings (SSSR count). The molecule has 0 aliphatic heterocycles. The van der Waals surface area contributed by atoms with Crippen molar-refractivity contribution in [3.63, 3.8) is 0 Å². The van der Waals surface area contributed by atoms with Gasteiger partial charge in [-0.1, -0.05) is 0 Å². The third-order valence-corrected chi connectivity index (χ3v) is 2.33. The maximum atomic E-state index is 11.3. The van der Waals surface area contributed by atoms with Gasteiger partial charge in [0.05, 0.1) is 13.2 Å². The van der Waals surface area contributed by atoms with E-state index in [1.165, 1.54) is 0 Å². The molecule has 7 heteroatoms. The highest BCUT2D eigenvalue weighted by Crippen LogP contribution is 2.06. The number of ketones is 1. The molecular formula is C13H24N2O5. The van der Waals surface area contributed by atoms with Crippen LogP contribution < -0.4 is 11.1 Å². The Morgan fingerprint density at radius 2 is 1.80 bits per heavy atom. The SMILES string of the molecule is COC(=O)C(=O)C(N)CCCCNC(=O)OC(C)(C)C. The van der Waals surface area contributed by atoms with Crippen LogP contribution in [0.5, 0.6) is 0 Å². The number of nitrogens with two attached hydrogens (primary N) is 1. The average Bonchev–Trinajstić information content (AvgIpc) is 2.34. The maximum Gasteiger partial charge on any atom is 0.407 e. The van der Waals surface area contributed by atoms with Gasteiger partial charge in [0.1, 0.15) is 5.60 Å². The number of ether oxygens (including phenoxy) is 2. The molecule has 1 atom stereocenters. The number of nitrogens with one attached hydrogen (secondary N) is 1. The Labute approximate surface area is 119 Å². The molecule has 116 valence electrons. The van der Waals surface area contributed by atoms with Crippen molar-refractivity contribution in [1.29, 1.82) is 0 Å². The molecule has 0 aromatic carbocycles. The number of Topliss-reactive ketones (excluding diaryl/α,β-unsaturated/α-hetero) is 1. The molecule has 0 bridgehead atoms. The molecule has 0 fully saturated rings. The minimum Gasteiger partial charge on any atom is -0.463 e. The first kappa shape index (κ1) is 18.4. The summed E-state index contributed by atoms with van der Waals surface area (Å²) in [5, 5.41) is 2.60. The second-order valence-electron chi connectivity index (χ2n) is 5.39. The quantitative estimate of drug-likeness (QED) is 0.406. The number of carbonyl (C=O) groups is 3. The van der Waals surface area contributed by atoms with Crippen LogP contribution >= 0.6 is 0 Å². The van der Waals surface area contributed by atoms with Crippen LogP contribution in [0.15, 0.2) is 0 Å². The van der Waals surface area contributed by atoms with Crippen LogP contribution in [0.25, 0.3) is 0 Å². The summed E-state index contributed by atoms with van der Waals surface area (Å²) < 4.78 is 9.36. The van der Waals surface area contributed by atoms with Crippen molar-refractivity contribution in [3.05, 3.63) is 0 Å². The lowest BCUT2D eigenvalue weighted by Crippen LogP contribution is -2.37. The smallest absolute Gasteiger partial charge is 0.407 e. The summed E-state index contributed by atoms with van der Waals surface area (Å²) in [6, 6.07) is -0.857. The Hall–Kier alpha value is -1.63. The van der Waals surface area contributed by atoms with E-state index in [2.05, 4.69) is 10.1 Å². The lowest BCUT2D eigenvalue weighted by molar-refractivity contribution is -0.152. The van der Waals surface area contributed by atoms with Crippen LogP contribution in [-0.2, 0) is 19.1 Å². The van der Waals surface area contributed by atoms with Gasteiger partial charge in [-0.15, -0.1) is 0 Å². The van der Waals surface area contributed by atoms with Crippen LogP contribution in [0, 0.1) is 0 Å². The summed E-state index contributed by atoms with van der Waals surface area (Å²) in [6.45, 7) is 5.77. The summed E-state index contributed by atoms with van der Waals surface area (Å²) in [5.74, 6) is -1.66. The minimum atomic E-state index is -0.927. The molecule has 20 heavy (non-hydrogen) atoms. The van der Waals surface area contributed by atoms with Crippen LogP contribution in [0.3, 0.4) is 0 Å². The Kier molecular flexibility index (Phi) is 7.83. The molecule has 0 aromatic rings. The molecule has 0 aliphatic rings. The van der Waals surface area contributed by atoms with Crippen molar-refractivity contribution in [2.24, 2.45) is 5.73 Å². The molecule has 7 nitrogen and oxygen atoms in total. The van der Waals surface area contributed by atoms with E-state index in [1.807, 2.05) is 0 Å². The van der Waals surface area contributed by atoms with Crippen molar-refractivity contribution in [3.8, 4) is 0 Å². The number of rotatable bonds is 7. The first-order valence-corrected chi connectivity index (χ1v) is 6.52. The average molecular weight is 288 g/mol. The number of unbranched alkanes of at least 4 members (excludes halogenated alkanes) is 1. The van der Waals surface area contributed by atoms with Gasteiger partial charge in [-0.05, 0) is 40.0 Å². The van der Waals surface area contributed by atoms with E-state index in [4.69, 9.17) is 10.5 Å². The monoisotopic (exact) mass is 288 g/mol. The number of hydrogen-bond acceptors (Lipinski definition) is 6. The Morgan fingerprint density at radius 3 is 2.30 bits per heavy atom. The van der Waals surface area contributed by atoms with E-state index in [0.29, 0.717) is 25.8 Å². The minimum absolute atomic E-state index is 0.365.